The maximum atomic E-state index is 10.2. The Balaban J connectivity index is 2.23. The van der Waals surface area contributed by atoms with Crippen LogP contribution in [0.1, 0.15) is 25.5 Å². The summed E-state index contributed by atoms with van der Waals surface area (Å²) < 4.78 is 0. The molecule has 0 spiro atoms. The SMILES string of the molecule is CC1N=C(C(O)c2ccc(Cl)c(Cl)c2)NC1C. The summed E-state index contributed by atoms with van der Waals surface area (Å²) in [7, 11) is 0. The fourth-order valence-corrected chi connectivity index (χ4v) is 2.02. The van der Waals surface area contributed by atoms with Crippen LogP contribution < -0.4 is 5.32 Å². The summed E-state index contributed by atoms with van der Waals surface area (Å²) in [6.45, 7) is 4.04. The Morgan fingerprint density at radius 1 is 1.29 bits per heavy atom. The van der Waals surface area contributed by atoms with E-state index in [4.69, 9.17) is 23.2 Å². The van der Waals surface area contributed by atoms with E-state index in [-0.39, 0.29) is 12.1 Å². The standard InChI is InChI=1S/C12H14Cl2N2O/c1-6-7(2)16-12(15-6)11(17)8-3-4-9(13)10(14)5-8/h3-7,11,17H,1-2H3,(H,15,16). The molecule has 0 saturated carbocycles. The van der Waals surface area contributed by atoms with Crippen molar-refractivity contribution >= 4 is 29.0 Å². The summed E-state index contributed by atoms with van der Waals surface area (Å²) in [6, 6.07) is 5.48. The Kier molecular flexibility index (Phi) is 3.61. The number of hydrogen-bond donors (Lipinski definition) is 2. The van der Waals surface area contributed by atoms with Gasteiger partial charge in [-0.05, 0) is 31.5 Å². The molecule has 0 radical (unpaired) electrons. The maximum absolute atomic E-state index is 10.2. The topological polar surface area (TPSA) is 44.6 Å². The molecule has 3 unspecified atom stereocenters. The first-order chi connectivity index (χ1) is 7.99. The molecule has 0 saturated heterocycles. The molecule has 0 fully saturated rings. The zero-order valence-corrected chi connectivity index (χ0v) is 11.1. The van der Waals surface area contributed by atoms with Crippen molar-refractivity contribution in [3.05, 3.63) is 33.8 Å². The number of nitrogens with one attached hydrogen (secondary N) is 1. The third kappa shape index (κ3) is 2.57. The monoisotopic (exact) mass is 272 g/mol. The molecule has 3 nitrogen and oxygen atoms in total. The molecule has 0 bridgehead atoms. The average molecular weight is 273 g/mol. The Labute approximate surface area is 110 Å². The molecule has 5 heteroatoms. The van der Waals surface area contributed by atoms with E-state index >= 15 is 0 Å². The highest BCUT2D eigenvalue weighted by molar-refractivity contribution is 6.42. The van der Waals surface area contributed by atoms with Crippen molar-refractivity contribution in [2.24, 2.45) is 4.99 Å². The molecule has 3 atom stereocenters. The molecule has 1 aliphatic heterocycles. The van der Waals surface area contributed by atoms with Gasteiger partial charge in [0.05, 0.1) is 16.1 Å². The van der Waals surface area contributed by atoms with Gasteiger partial charge in [0.2, 0.25) is 0 Å². The molecule has 1 aromatic carbocycles. The normalized spacial score (nSPS) is 25.4. The van der Waals surface area contributed by atoms with Gasteiger partial charge in [-0.25, -0.2) is 0 Å². The lowest BCUT2D eigenvalue weighted by atomic mass is 10.1. The highest BCUT2D eigenvalue weighted by atomic mass is 35.5. The van der Waals surface area contributed by atoms with Gasteiger partial charge in [-0.15, -0.1) is 0 Å². The first kappa shape index (κ1) is 12.7. The number of halogens is 2. The number of rotatable bonds is 2. The number of nitrogens with zero attached hydrogens (tertiary/aromatic N) is 1. The lowest BCUT2D eigenvalue weighted by Gasteiger charge is -2.14. The van der Waals surface area contributed by atoms with Crippen molar-refractivity contribution in [1.29, 1.82) is 0 Å². The summed E-state index contributed by atoms with van der Waals surface area (Å²) in [5.74, 6) is 0.586. The molecule has 1 aliphatic rings. The zero-order chi connectivity index (χ0) is 12.6. The van der Waals surface area contributed by atoms with E-state index in [0.717, 1.165) is 0 Å². The zero-order valence-electron chi connectivity index (χ0n) is 9.61. The van der Waals surface area contributed by atoms with Crippen molar-refractivity contribution in [3.63, 3.8) is 0 Å². The largest absolute Gasteiger partial charge is 0.380 e. The Morgan fingerprint density at radius 3 is 2.53 bits per heavy atom. The predicted octanol–water partition coefficient (Wildman–Crippen LogP) is 2.81. The average Bonchev–Trinajstić information content (AvgIpc) is 2.62. The Hall–Kier alpha value is -0.770. The van der Waals surface area contributed by atoms with Crippen LogP contribution in [0.4, 0.5) is 0 Å². The minimum atomic E-state index is -0.780. The number of aliphatic imine (C=N–C) groups is 1. The number of hydrogen-bond acceptors (Lipinski definition) is 3. The fourth-order valence-electron chi connectivity index (χ4n) is 1.71. The quantitative estimate of drug-likeness (QED) is 0.870. The van der Waals surface area contributed by atoms with Gasteiger partial charge in [-0.1, -0.05) is 29.3 Å². The minimum Gasteiger partial charge on any atom is -0.380 e. The molecular weight excluding hydrogens is 259 g/mol. The minimum absolute atomic E-state index is 0.169. The smallest absolute Gasteiger partial charge is 0.136 e. The van der Waals surface area contributed by atoms with Crippen LogP contribution in [0.25, 0.3) is 0 Å². The van der Waals surface area contributed by atoms with Crippen LogP contribution in [-0.4, -0.2) is 23.0 Å². The molecule has 0 amide bonds. The second-order valence-corrected chi connectivity index (χ2v) is 5.08. The first-order valence-corrected chi connectivity index (χ1v) is 6.22. The second-order valence-electron chi connectivity index (χ2n) is 4.26. The van der Waals surface area contributed by atoms with Crippen LogP contribution in [0, 0.1) is 0 Å². The Bertz CT molecular complexity index is 462. The predicted molar refractivity (Wildman–Crippen MR) is 70.9 cm³/mol. The maximum Gasteiger partial charge on any atom is 0.136 e. The van der Waals surface area contributed by atoms with Gasteiger partial charge < -0.3 is 10.4 Å². The van der Waals surface area contributed by atoms with E-state index in [1.807, 2.05) is 13.8 Å². The van der Waals surface area contributed by atoms with Crippen LogP contribution in [0.3, 0.4) is 0 Å². The molecule has 17 heavy (non-hydrogen) atoms. The van der Waals surface area contributed by atoms with E-state index in [2.05, 4.69) is 10.3 Å². The van der Waals surface area contributed by atoms with E-state index < -0.39 is 6.10 Å². The van der Waals surface area contributed by atoms with Crippen molar-refractivity contribution in [2.75, 3.05) is 0 Å². The van der Waals surface area contributed by atoms with Gasteiger partial charge in [0.15, 0.2) is 0 Å². The van der Waals surface area contributed by atoms with Gasteiger partial charge in [-0.2, -0.15) is 0 Å². The number of benzene rings is 1. The van der Waals surface area contributed by atoms with Gasteiger partial charge >= 0.3 is 0 Å². The van der Waals surface area contributed by atoms with E-state index in [1.54, 1.807) is 18.2 Å². The molecule has 2 N–H and O–H groups in total. The summed E-state index contributed by atoms with van der Waals surface area (Å²) >= 11 is 11.8. The van der Waals surface area contributed by atoms with E-state index in [0.29, 0.717) is 21.4 Å². The third-order valence-electron chi connectivity index (χ3n) is 2.96. The van der Waals surface area contributed by atoms with E-state index in [9.17, 15) is 5.11 Å². The summed E-state index contributed by atoms with van der Waals surface area (Å²) in [5.41, 5.74) is 0.687. The second kappa shape index (κ2) is 4.84. The Morgan fingerprint density at radius 2 is 2.00 bits per heavy atom. The molecule has 92 valence electrons. The van der Waals surface area contributed by atoms with Crippen molar-refractivity contribution in [3.8, 4) is 0 Å². The fraction of sp³-hybridized carbons (Fsp3) is 0.417. The molecule has 0 aromatic heterocycles. The van der Waals surface area contributed by atoms with Crippen molar-refractivity contribution < 1.29 is 5.11 Å². The summed E-state index contributed by atoms with van der Waals surface area (Å²) in [6.07, 6.45) is -0.780. The van der Waals surface area contributed by atoms with Crippen molar-refractivity contribution in [2.45, 2.75) is 32.0 Å². The number of amidine groups is 1. The van der Waals surface area contributed by atoms with Crippen molar-refractivity contribution in [1.82, 2.24) is 5.32 Å². The van der Waals surface area contributed by atoms with Crippen LogP contribution in [0.5, 0.6) is 0 Å². The van der Waals surface area contributed by atoms with Gasteiger partial charge in [0.25, 0.3) is 0 Å². The highest BCUT2D eigenvalue weighted by Crippen LogP contribution is 2.27. The first-order valence-electron chi connectivity index (χ1n) is 5.46. The lowest BCUT2D eigenvalue weighted by molar-refractivity contribution is 0.243. The van der Waals surface area contributed by atoms with Gasteiger partial charge in [0.1, 0.15) is 11.9 Å². The highest BCUT2D eigenvalue weighted by Gasteiger charge is 2.26. The van der Waals surface area contributed by atoms with Crippen LogP contribution in [-0.2, 0) is 0 Å². The van der Waals surface area contributed by atoms with E-state index in [1.165, 1.54) is 0 Å². The van der Waals surface area contributed by atoms with Gasteiger partial charge in [0, 0.05) is 6.04 Å². The third-order valence-corrected chi connectivity index (χ3v) is 3.70. The molecule has 0 aliphatic carbocycles. The molecule has 1 aromatic rings. The van der Waals surface area contributed by atoms with Crippen LogP contribution >= 0.6 is 23.2 Å². The summed E-state index contributed by atoms with van der Waals surface area (Å²) in [5, 5.41) is 14.2. The van der Waals surface area contributed by atoms with Crippen LogP contribution in [0.15, 0.2) is 23.2 Å². The lowest BCUT2D eigenvalue weighted by Crippen LogP contribution is -2.33. The molecule has 1 heterocycles. The number of aliphatic hydroxyl groups is 1. The van der Waals surface area contributed by atoms with Gasteiger partial charge in [-0.3, -0.25) is 4.99 Å². The van der Waals surface area contributed by atoms with Crippen LogP contribution in [0.2, 0.25) is 10.0 Å². The number of aliphatic hydroxyl groups excluding tert-OH is 1. The molecule has 2 rings (SSSR count). The molecular formula is C12H14Cl2N2O. The summed E-state index contributed by atoms with van der Waals surface area (Å²) in [4.78, 5) is 4.38.